The maximum Gasteiger partial charge on any atom is 0.0625 e. The van der Waals surface area contributed by atoms with Gasteiger partial charge in [0.15, 0.2) is 0 Å². The van der Waals surface area contributed by atoms with E-state index in [0.29, 0.717) is 11.3 Å². The predicted molar refractivity (Wildman–Crippen MR) is 76.8 cm³/mol. The number of aryl methyl sites for hydroxylation is 1. The Hall–Kier alpha value is -1.26. The van der Waals surface area contributed by atoms with E-state index in [2.05, 4.69) is 53.9 Å². The van der Waals surface area contributed by atoms with Gasteiger partial charge in [-0.3, -0.25) is 4.68 Å². The number of nitrogens with zero attached hydrogens (tertiary/aromatic N) is 2. The first-order chi connectivity index (χ1) is 8.70. The van der Waals surface area contributed by atoms with E-state index in [1.807, 2.05) is 36.7 Å². The largest absolute Gasteiger partial charge is 0.312 e. The summed E-state index contributed by atoms with van der Waals surface area (Å²) in [6.45, 7) is 2.24. The number of thioether (sulfide) groups is 1. The molecule has 2 unspecified atom stereocenters. The highest BCUT2D eigenvalue weighted by molar-refractivity contribution is 8.00. The lowest BCUT2D eigenvalue weighted by molar-refractivity contribution is 0.589. The zero-order valence-electron chi connectivity index (χ0n) is 11.0. The zero-order valence-corrected chi connectivity index (χ0v) is 11.8. The van der Waals surface area contributed by atoms with Crippen LogP contribution in [0.5, 0.6) is 0 Å². The molecular formula is C14H19N3S. The molecule has 1 heterocycles. The molecule has 1 N–H and O–H groups in total. The molecule has 96 valence electrons. The van der Waals surface area contributed by atoms with E-state index in [4.69, 9.17) is 0 Å². The van der Waals surface area contributed by atoms with Crippen LogP contribution < -0.4 is 5.32 Å². The van der Waals surface area contributed by atoms with E-state index in [1.165, 1.54) is 10.5 Å². The zero-order chi connectivity index (χ0) is 13.0. The molecule has 0 fully saturated rings. The van der Waals surface area contributed by atoms with E-state index in [9.17, 15) is 0 Å². The van der Waals surface area contributed by atoms with E-state index >= 15 is 0 Å². The van der Waals surface area contributed by atoms with Gasteiger partial charge in [-0.05, 0) is 12.6 Å². The van der Waals surface area contributed by atoms with Gasteiger partial charge in [-0.2, -0.15) is 5.10 Å². The van der Waals surface area contributed by atoms with Gasteiger partial charge in [-0.25, -0.2) is 0 Å². The fourth-order valence-electron chi connectivity index (χ4n) is 2.08. The van der Waals surface area contributed by atoms with Crippen LogP contribution in [0, 0.1) is 0 Å². The van der Waals surface area contributed by atoms with Crippen molar-refractivity contribution in [3.8, 4) is 0 Å². The second-order valence-corrected chi connectivity index (χ2v) is 5.80. The van der Waals surface area contributed by atoms with Crippen molar-refractivity contribution in [1.82, 2.24) is 15.1 Å². The summed E-state index contributed by atoms with van der Waals surface area (Å²) in [5.74, 6) is 0. The topological polar surface area (TPSA) is 29.9 Å². The van der Waals surface area contributed by atoms with E-state index in [-0.39, 0.29) is 0 Å². The standard InChI is InChI=1S/C14H19N3S/c1-11(18-13-9-16-17(3)10-13)14(15-2)12-7-5-4-6-8-12/h4-11,14-15H,1-3H3. The summed E-state index contributed by atoms with van der Waals surface area (Å²) in [5.41, 5.74) is 1.32. The molecule has 1 aromatic carbocycles. The molecule has 0 bridgehead atoms. The summed E-state index contributed by atoms with van der Waals surface area (Å²) >= 11 is 1.85. The first-order valence-electron chi connectivity index (χ1n) is 6.08. The fraction of sp³-hybridized carbons (Fsp3) is 0.357. The lowest BCUT2D eigenvalue weighted by Crippen LogP contribution is -2.25. The third-order valence-corrected chi connectivity index (χ3v) is 4.07. The molecule has 0 spiro atoms. The Balaban J connectivity index is 2.08. The molecule has 0 aliphatic rings. The molecule has 0 saturated carbocycles. The fourth-order valence-corrected chi connectivity index (χ4v) is 3.26. The molecule has 0 aliphatic heterocycles. The van der Waals surface area contributed by atoms with Crippen LogP contribution in [0.3, 0.4) is 0 Å². The lowest BCUT2D eigenvalue weighted by Gasteiger charge is -2.23. The number of hydrogen-bond acceptors (Lipinski definition) is 3. The minimum atomic E-state index is 0.344. The third kappa shape index (κ3) is 3.15. The maximum absolute atomic E-state index is 4.20. The molecule has 0 saturated heterocycles. The van der Waals surface area contributed by atoms with Crippen LogP contribution in [0.1, 0.15) is 18.5 Å². The highest BCUT2D eigenvalue weighted by atomic mass is 32.2. The van der Waals surface area contributed by atoms with Crippen LogP contribution in [-0.2, 0) is 7.05 Å². The van der Waals surface area contributed by atoms with Gasteiger partial charge in [-0.1, -0.05) is 37.3 Å². The highest BCUT2D eigenvalue weighted by Gasteiger charge is 2.18. The summed E-state index contributed by atoms with van der Waals surface area (Å²) in [7, 11) is 3.96. The molecule has 2 aromatic rings. The highest BCUT2D eigenvalue weighted by Crippen LogP contribution is 2.31. The summed E-state index contributed by atoms with van der Waals surface area (Å²) in [5, 5.41) is 8.05. The van der Waals surface area contributed by atoms with E-state index in [0.717, 1.165) is 0 Å². The van der Waals surface area contributed by atoms with Crippen LogP contribution in [0.2, 0.25) is 0 Å². The molecule has 0 amide bonds. The van der Waals surface area contributed by atoms with Gasteiger partial charge < -0.3 is 5.32 Å². The Morgan fingerprint density at radius 3 is 2.56 bits per heavy atom. The van der Waals surface area contributed by atoms with Crippen molar-refractivity contribution in [2.24, 2.45) is 7.05 Å². The van der Waals surface area contributed by atoms with Crippen LogP contribution in [0.4, 0.5) is 0 Å². The van der Waals surface area contributed by atoms with Crippen molar-refractivity contribution >= 4 is 11.8 Å². The van der Waals surface area contributed by atoms with Crippen LogP contribution >= 0.6 is 11.8 Å². The van der Waals surface area contributed by atoms with Crippen molar-refractivity contribution in [3.05, 3.63) is 48.3 Å². The normalized spacial score (nSPS) is 14.4. The average molecular weight is 261 g/mol. The molecule has 0 radical (unpaired) electrons. The minimum Gasteiger partial charge on any atom is -0.312 e. The van der Waals surface area contributed by atoms with Gasteiger partial charge in [0, 0.05) is 29.4 Å². The maximum atomic E-state index is 4.20. The summed E-state index contributed by atoms with van der Waals surface area (Å²) in [4.78, 5) is 1.21. The van der Waals surface area contributed by atoms with Crippen LogP contribution in [0.15, 0.2) is 47.6 Å². The summed E-state index contributed by atoms with van der Waals surface area (Å²) < 4.78 is 1.84. The van der Waals surface area contributed by atoms with Gasteiger partial charge in [-0.15, -0.1) is 11.8 Å². The second-order valence-electron chi connectivity index (χ2n) is 4.35. The van der Waals surface area contributed by atoms with Gasteiger partial charge in [0.05, 0.1) is 6.20 Å². The van der Waals surface area contributed by atoms with Gasteiger partial charge >= 0.3 is 0 Å². The first-order valence-corrected chi connectivity index (χ1v) is 6.96. The van der Waals surface area contributed by atoms with Crippen molar-refractivity contribution in [2.75, 3.05) is 7.05 Å². The van der Waals surface area contributed by atoms with Crippen molar-refractivity contribution in [3.63, 3.8) is 0 Å². The molecule has 4 heteroatoms. The molecule has 2 rings (SSSR count). The Labute approximate surface area is 113 Å². The molecule has 3 nitrogen and oxygen atoms in total. The Bertz CT molecular complexity index is 481. The smallest absolute Gasteiger partial charge is 0.0625 e. The third-order valence-electron chi connectivity index (χ3n) is 2.94. The Morgan fingerprint density at radius 2 is 2.00 bits per heavy atom. The molecule has 1 aromatic heterocycles. The molecule has 0 aliphatic carbocycles. The molecule has 2 atom stereocenters. The number of rotatable bonds is 5. The number of benzene rings is 1. The van der Waals surface area contributed by atoms with Crippen molar-refractivity contribution in [2.45, 2.75) is 23.1 Å². The number of aromatic nitrogens is 2. The average Bonchev–Trinajstić information content (AvgIpc) is 2.77. The van der Waals surface area contributed by atoms with Gasteiger partial charge in [0.1, 0.15) is 0 Å². The lowest BCUT2D eigenvalue weighted by atomic mass is 10.0. The van der Waals surface area contributed by atoms with Crippen LogP contribution in [0.25, 0.3) is 0 Å². The second kappa shape index (κ2) is 6.07. The van der Waals surface area contributed by atoms with E-state index in [1.54, 1.807) is 0 Å². The first kappa shape index (κ1) is 13.2. The van der Waals surface area contributed by atoms with Gasteiger partial charge in [0.2, 0.25) is 0 Å². The quantitative estimate of drug-likeness (QED) is 0.839. The number of nitrogens with one attached hydrogen (secondary N) is 1. The minimum absolute atomic E-state index is 0.344. The van der Waals surface area contributed by atoms with Crippen LogP contribution in [-0.4, -0.2) is 22.1 Å². The molecule has 18 heavy (non-hydrogen) atoms. The number of hydrogen-bond donors (Lipinski definition) is 1. The summed E-state index contributed by atoms with van der Waals surface area (Å²) in [6, 6.07) is 10.9. The summed E-state index contributed by atoms with van der Waals surface area (Å²) in [6.07, 6.45) is 3.97. The SMILES string of the molecule is CNC(c1ccccc1)C(C)Sc1cnn(C)c1. The Kier molecular flexibility index (Phi) is 4.44. The monoisotopic (exact) mass is 261 g/mol. The van der Waals surface area contributed by atoms with Crippen molar-refractivity contribution < 1.29 is 0 Å². The van der Waals surface area contributed by atoms with E-state index < -0.39 is 0 Å². The Morgan fingerprint density at radius 1 is 1.28 bits per heavy atom. The predicted octanol–water partition coefficient (Wildman–Crippen LogP) is 2.86. The molecular weight excluding hydrogens is 242 g/mol. The van der Waals surface area contributed by atoms with Crippen molar-refractivity contribution in [1.29, 1.82) is 0 Å². The van der Waals surface area contributed by atoms with Gasteiger partial charge in [0.25, 0.3) is 0 Å².